The molecule has 0 aromatic rings. The average molecular weight is 144 g/mol. The largest absolute Gasteiger partial charge is 0.382 e. The molecule has 1 aliphatic rings. The molecule has 2 unspecified atom stereocenters. The molecule has 0 N–H and O–H groups in total. The van der Waals surface area contributed by atoms with E-state index in [1.54, 1.807) is 7.11 Å². The van der Waals surface area contributed by atoms with Crippen LogP contribution in [0.2, 0.25) is 0 Å². The molecule has 1 rings (SSSR count). The van der Waals surface area contributed by atoms with Crippen molar-refractivity contribution in [1.29, 1.82) is 0 Å². The number of methoxy groups -OCH3 is 1. The Bertz CT molecular complexity index is 93.3. The lowest BCUT2D eigenvalue weighted by atomic mass is 9.99. The summed E-state index contributed by atoms with van der Waals surface area (Å²) >= 11 is 0. The molecule has 2 nitrogen and oxygen atoms in total. The predicted octanol–water partition coefficient (Wildman–Crippen LogP) is 1.45. The summed E-state index contributed by atoms with van der Waals surface area (Å²) in [6.45, 7) is 3.90. The first-order valence-corrected chi connectivity index (χ1v) is 3.99. The van der Waals surface area contributed by atoms with Gasteiger partial charge in [-0.3, -0.25) is 0 Å². The van der Waals surface area contributed by atoms with Crippen LogP contribution in [0.3, 0.4) is 0 Å². The first-order valence-electron chi connectivity index (χ1n) is 3.99. The molecule has 0 aromatic carbocycles. The second-order valence-electron chi connectivity index (χ2n) is 2.82. The van der Waals surface area contributed by atoms with Crippen LogP contribution in [-0.4, -0.2) is 26.4 Å². The summed E-state index contributed by atoms with van der Waals surface area (Å²) in [6.07, 6.45) is 2.80. The Morgan fingerprint density at radius 2 is 2.40 bits per heavy atom. The van der Waals surface area contributed by atoms with Crippen LogP contribution >= 0.6 is 0 Å². The van der Waals surface area contributed by atoms with Crippen LogP contribution in [0, 0.1) is 5.92 Å². The molecule has 0 radical (unpaired) electrons. The number of hydrogen-bond acceptors (Lipinski definition) is 2. The van der Waals surface area contributed by atoms with E-state index in [0.29, 0.717) is 6.10 Å². The monoisotopic (exact) mass is 144 g/mol. The van der Waals surface area contributed by atoms with Crippen LogP contribution in [0.1, 0.15) is 19.8 Å². The molecule has 2 atom stereocenters. The smallest absolute Gasteiger partial charge is 0.0837 e. The van der Waals surface area contributed by atoms with Crippen molar-refractivity contribution in [3.8, 4) is 0 Å². The highest BCUT2D eigenvalue weighted by Crippen LogP contribution is 2.23. The van der Waals surface area contributed by atoms with Gasteiger partial charge < -0.3 is 9.47 Å². The van der Waals surface area contributed by atoms with Crippen LogP contribution in [0.4, 0.5) is 0 Å². The second kappa shape index (κ2) is 3.94. The molecule has 0 spiro atoms. The maximum Gasteiger partial charge on any atom is 0.0837 e. The van der Waals surface area contributed by atoms with Gasteiger partial charge in [-0.25, -0.2) is 0 Å². The molecular formula is C8H16O2. The molecule has 1 fully saturated rings. The molecule has 1 saturated heterocycles. The van der Waals surface area contributed by atoms with Gasteiger partial charge in [0.15, 0.2) is 0 Å². The SMILES string of the molecule is CCC1CCOC1COC. The Kier molecular flexibility index (Phi) is 3.16. The van der Waals surface area contributed by atoms with Gasteiger partial charge in [-0.15, -0.1) is 0 Å². The molecule has 0 amide bonds. The van der Waals surface area contributed by atoms with E-state index in [0.717, 1.165) is 19.1 Å². The Balaban J connectivity index is 2.27. The molecule has 1 aliphatic heterocycles. The third-order valence-electron chi connectivity index (χ3n) is 2.20. The van der Waals surface area contributed by atoms with Gasteiger partial charge in [-0.05, 0) is 12.3 Å². The van der Waals surface area contributed by atoms with Crippen molar-refractivity contribution >= 4 is 0 Å². The number of ether oxygens (including phenoxy) is 2. The number of hydrogen-bond donors (Lipinski definition) is 0. The molecule has 10 heavy (non-hydrogen) atoms. The highest BCUT2D eigenvalue weighted by atomic mass is 16.5. The summed E-state index contributed by atoms with van der Waals surface area (Å²) in [7, 11) is 1.73. The summed E-state index contributed by atoms with van der Waals surface area (Å²) in [5, 5.41) is 0. The summed E-state index contributed by atoms with van der Waals surface area (Å²) in [5.74, 6) is 0.736. The fourth-order valence-electron chi connectivity index (χ4n) is 1.51. The van der Waals surface area contributed by atoms with E-state index >= 15 is 0 Å². The Morgan fingerprint density at radius 3 is 3.00 bits per heavy atom. The minimum absolute atomic E-state index is 0.370. The fraction of sp³-hybridized carbons (Fsp3) is 1.00. The van der Waals surface area contributed by atoms with Gasteiger partial charge in [0.25, 0.3) is 0 Å². The van der Waals surface area contributed by atoms with E-state index in [1.807, 2.05) is 0 Å². The van der Waals surface area contributed by atoms with Gasteiger partial charge in [0.2, 0.25) is 0 Å². The lowest BCUT2D eigenvalue weighted by molar-refractivity contribution is 0.0199. The fourth-order valence-corrected chi connectivity index (χ4v) is 1.51. The van der Waals surface area contributed by atoms with Crippen LogP contribution < -0.4 is 0 Å². The van der Waals surface area contributed by atoms with Crippen LogP contribution in [0.5, 0.6) is 0 Å². The standard InChI is InChI=1S/C8H16O2/c1-3-7-4-5-10-8(7)6-9-2/h7-8H,3-6H2,1-2H3. The molecule has 60 valence electrons. The van der Waals surface area contributed by atoms with E-state index in [-0.39, 0.29) is 0 Å². The topological polar surface area (TPSA) is 18.5 Å². The lowest BCUT2D eigenvalue weighted by Gasteiger charge is -2.14. The van der Waals surface area contributed by atoms with E-state index < -0.39 is 0 Å². The Hall–Kier alpha value is -0.0800. The van der Waals surface area contributed by atoms with E-state index in [9.17, 15) is 0 Å². The summed E-state index contributed by atoms with van der Waals surface area (Å²) in [5.41, 5.74) is 0. The zero-order valence-corrected chi connectivity index (χ0v) is 6.80. The predicted molar refractivity (Wildman–Crippen MR) is 40.0 cm³/mol. The van der Waals surface area contributed by atoms with Crippen molar-refractivity contribution in [1.82, 2.24) is 0 Å². The van der Waals surface area contributed by atoms with E-state index in [4.69, 9.17) is 9.47 Å². The lowest BCUT2D eigenvalue weighted by Crippen LogP contribution is -2.20. The van der Waals surface area contributed by atoms with E-state index in [1.165, 1.54) is 12.8 Å². The van der Waals surface area contributed by atoms with Gasteiger partial charge in [0.1, 0.15) is 0 Å². The first-order chi connectivity index (χ1) is 4.88. The molecular weight excluding hydrogens is 128 g/mol. The third kappa shape index (κ3) is 1.70. The molecule has 0 bridgehead atoms. The number of rotatable bonds is 3. The Labute approximate surface area is 62.5 Å². The van der Waals surface area contributed by atoms with Crippen molar-refractivity contribution in [2.45, 2.75) is 25.9 Å². The van der Waals surface area contributed by atoms with Gasteiger partial charge >= 0.3 is 0 Å². The highest BCUT2D eigenvalue weighted by molar-refractivity contribution is 4.74. The molecule has 2 heteroatoms. The normalized spacial score (nSPS) is 33.0. The molecule has 1 heterocycles. The summed E-state index contributed by atoms with van der Waals surface area (Å²) in [6, 6.07) is 0. The first kappa shape index (κ1) is 8.02. The van der Waals surface area contributed by atoms with Gasteiger partial charge in [-0.2, -0.15) is 0 Å². The zero-order chi connectivity index (χ0) is 7.40. The minimum atomic E-state index is 0.370. The average Bonchev–Trinajstić information content (AvgIpc) is 2.36. The van der Waals surface area contributed by atoms with Crippen LogP contribution in [0.25, 0.3) is 0 Å². The van der Waals surface area contributed by atoms with Gasteiger partial charge in [0.05, 0.1) is 12.7 Å². The maximum atomic E-state index is 5.47. The molecule has 0 saturated carbocycles. The maximum absolute atomic E-state index is 5.47. The Morgan fingerprint density at radius 1 is 1.60 bits per heavy atom. The van der Waals surface area contributed by atoms with Gasteiger partial charge in [0, 0.05) is 13.7 Å². The molecule has 0 aliphatic carbocycles. The van der Waals surface area contributed by atoms with Crippen molar-refractivity contribution in [3.05, 3.63) is 0 Å². The third-order valence-corrected chi connectivity index (χ3v) is 2.20. The van der Waals surface area contributed by atoms with Crippen LogP contribution in [0.15, 0.2) is 0 Å². The van der Waals surface area contributed by atoms with Crippen molar-refractivity contribution in [3.63, 3.8) is 0 Å². The van der Waals surface area contributed by atoms with Crippen LogP contribution in [-0.2, 0) is 9.47 Å². The quantitative estimate of drug-likeness (QED) is 0.597. The van der Waals surface area contributed by atoms with Crippen molar-refractivity contribution in [2.75, 3.05) is 20.3 Å². The summed E-state index contributed by atoms with van der Waals surface area (Å²) < 4.78 is 10.5. The highest BCUT2D eigenvalue weighted by Gasteiger charge is 2.25. The zero-order valence-electron chi connectivity index (χ0n) is 6.80. The van der Waals surface area contributed by atoms with Crippen molar-refractivity contribution < 1.29 is 9.47 Å². The van der Waals surface area contributed by atoms with E-state index in [2.05, 4.69) is 6.92 Å². The minimum Gasteiger partial charge on any atom is -0.382 e. The van der Waals surface area contributed by atoms with Crippen molar-refractivity contribution in [2.24, 2.45) is 5.92 Å². The second-order valence-corrected chi connectivity index (χ2v) is 2.82. The van der Waals surface area contributed by atoms with Gasteiger partial charge in [-0.1, -0.05) is 13.3 Å². The summed E-state index contributed by atoms with van der Waals surface area (Å²) in [4.78, 5) is 0. The molecule has 0 aromatic heterocycles.